The van der Waals surface area contributed by atoms with Gasteiger partial charge in [-0.15, -0.1) is 0 Å². The molecule has 0 saturated carbocycles. The number of carbonyl (C=O) groups is 1. The Hall–Kier alpha value is -0.860. The Balaban J connectivity index is 2.07. The van der Waals surface area contributed by atoms with Gasteiger partial charge in [-0.25, -0.2) is 0 Å². The molecular weight excluding hydrogens is 224 g/mol. The maximum absolute atomic E-state index is 11.9. The van der Waals surface area contributed by atoms with Crippen molar-refractivity contribution in [3.05, 3.63) is 34.9 Å². The molecule has 16 heavy (non-hydrogen) atoms. The maximum atomic E-state index is 11.9. The van der Waals surface area contributed by atoms with Gasteiger partial charge in [-0.3, -0.25) is 4.79 Å². The molecule has 1 aliphatic rings. The van der Waals surface area contributed by atoms with E-state index in [4.69, 9.17) is 16.3 Å². The third-order valence-corrected chi connectivity index (χ3v) is 2.94. The van der Waals surface area contributed by atoms with E-state index in [-0.39, 0.29) is 23.4 Å². The van der Waals surface area contributed by atoms with E-state index in [9.17, 15) is 4.79 Å². The molecule has 2 atom stereocenters. The number of epoxide rings is 1. The van der Waals surface area contributed by atoms with Crippen LogP contribution in [0.25, 0.3) is 0 Å². The second kappa shape index (κ2) is 3.86. The average molecular weight is 239 g/mol. The first-order valence-electron chi connectivity index (χ1n) is 5.35. The van der Waals surface area contributed by atoms with Gasteiger partial charge in [0.25, 0.3) is 0 Å². The van der Waals surface area contributed by atoms with Gasteiger partial charge in [0.15, 0.2) is 5.78 Å². The Morgan fingerprint density at radius 3 is 2.31 bits per heavy atom. The van der Waals surface area contributed by atoms with E-state index in [2.05, 4.69) is 0 Å². The first kappa shape index (κ1) is 11.6. The molecule has 1 fully saturated rings. The summed E-state index contributed by atoms with van der Waals surface area (Å²) in [6, 6.07) is 7.44. The number of rotatable bonds is 2. The molecule has 0 spiro atoms. The van der Waals surface area contributed by atoms with Crippen LogP contribution in [0, 0.1) is 5.41 Å². The molecule has 3 heteroatoms. The molecule has 0 unspecified atom stereocenters. The van der Waals surface area contributed by atoms with E-state index in [0.717, 1.165) is 5.56 Å². The summed E-state index contributed by atoms with van der Waals surface area (Å²) in [7, 11) is 0. The van der Waals surface area contributed by atoms with Gasteiger partial charge in [0.1, 0.15) is 12.2 Å². The molecule has 1 heterocycles. The third kappa shape index (κ3) is 2.28. The summed E-state index contributed by atoms with van der Waals surface area (Å²) in [6.07, 6.45) is -0.356. The van der Waals surface area contributed by atoms with Crippen molar-refractivity contribution in [2.45, 2.75) is 33.0 Å². The number of halogens is 1. The lowest BCUT2D eigenvalue weighted by Gasteiger charge is -2.14. The highest BCUT2D eigenvalue weighted by Crippen LogP contribution is 2.42. The van der Waals surface area contributed by atoms with Crippen LogP contribution < -0.4 is 0 Å². The molecule has 1 aliphatic heterocycles. The lowest BCUT2D eigenvalue weighted by molar-refractivity contribution is -0.127. The van der Waals surface area contributed by atoms with Crippen LogP contribution in [0.5, 0.6) is 0 Å². The predicted molar refractivity (Wildman–Crippen MR) is 63.5 cm³/mol. The topological polar surface area (TPSA) is 29.6 Å². The number of benzene rings is 1. The first-order chi connectivity index (χ1) is 7.39. The van der Waals surface area contributed by atoms with Gasteiger partial charge in [-0.1, -0.05) is 44.5 Å². The second-order valence-electron chi connectivity index (χ2n) is 5.14. The molecule has 0 radical (unpaired) electrons. The summed E-state index contributed by atoms with van der Waals surface area (Å²) in [5, 5.41) is 0.697. The SMILES string of the molecule is CC(C)(C)C(=O)[C@H]1O[C@@H]1c1ccc(Cl)cc1. The van der Waals surface area contributed by atoms with Crippen LogP contribution in [0.1, 0.15) is 32.4 Å². The quantitative estimate of drug-likeness (QED) is 0.739. The minimum atomic E-state index is -0.341. The fourth-order valence-corrected chi connectivity index (χ4v) is 1.77. The average Bonchev–Trinajstić information content (AvgIpc) is 2.96. The van der Waals surface area contributed by atoms with E-state index in [1.54, 1.807) is 0 Å². The van der Waals surface area contributed by atoms with E-state index >= 15 is 0 Å². The smallest absolute Gasteiger partial charge is 0.169 e. The molecule has 0 amide bonds. The van der Waals surface area contributed by atoms with Gasteiger partial charge in [0, 0.05) is 10.4 Å². The number of carbonyl (C=O) groups excluding carboxylic acids is 1. The molecule has 0 bridgehead atoms. The Morgan fingerprint density at radius 2 is 1.81 bits per heavy atom. The Kier molecular flexibility index (Phi) is 2.81. The van der Waals surface area contributed by atoms with E-state index in [0.29, 0.717) is 5.02 Å². The Labute approximate surface area is 101 Å². The van der Waals surface area contributed by atoms with Crippen LogP contribution in [0.4, 0.5) is 0 Å². The summed E-state index contributed by atoms with van der Waals surface area (Å²) in [5.74, 6) is 0.160. The molecule has 86 valence electrons. The summed E-state index contributed by atoms with van der Waals surface area (Å²) in [6.45, 7) is 5.74. The monoisotopic (exact) mass is 238 g/mol. The number of hydrogen-bond donors (Lipinski definition) is 0. The predicted octanol–water partition coefficient (Wildman–Crippen LogP) is 3.40. The zero-order valence-corrected chi connectivity index (χ0v) is 10.4. The molecule has 0 aromatic heterocycles. The van der Waals surface area contributed by atoms with Gasteiger partial charge < -0.3 is 4.74 Å². The fourth-order valence-electron chi connectivity index (χ4n) is 1.64. The zero-order chi connectivity index (χ0) is 11.9. The van der Waals surface area contributed by atoms with Crippen molar-refractivity contribution in [1.82, 2.24) is 0 Å². The molecular formula is C13H15ClO2. The lowest BCUT2D eigenvalue weighted by Crippen LogP contribution is -2.25. The molecule has 0 N–H and O–H groups in total. The highest BCUT2D eigenvalue weighted by Gasteiger charge is 2.49. The van der Waals surface area contributed by atoms with Crippen molar-refractivity contribution >= 4 is 17.4 Å². The van der Waals surface area contributed by atoms with Gasteiger partial charge in [-0.2, -0.15) is 0 Å². The highest BCUT2D eigenvalue weighted by atomic mass is 35.5. The van der Waals surface area contributed by atoms with Crippen LogP contribution in [-0.4, -0.2) is 11.9 Å². The largest absolute Gasteiger partial charge is 0.356 e. The van der Waals surface area contributed by atoms with Gasteiger partial charge in [0.2, 0.25) is 0 Å². The van der Waals surface area contributed by atoms with Gasteiger partial charge in [-0.05, 0) is 17.7 Å². The standard InChI is InChI=1S/C13H15ClO2/c1-13(2,3)12(15)11-10(16-11)8-4-6-9(14)7-5-8/h4-7,10-11H,1-3H3/t10-,11+/m1/s1. The molecule has 2 nitrogen and oxygen atoms in total. The van der Waals surface area contributed by atoms with Gasteiger partial charge >= 0.3 is 0 Å². The second-order valence-corrected chi connectivity index (χ2v) is 5.58. The fraction of sp³-hybridized carbons (Fsp3) is 0.462. The summed E-state index contributed by atoms with van der Waals surface area (Å²) < 4.78 is 5.44. The van der Waals surface area contributed by atoms with E-state index < -0.39 is 0 Å². The zero-order valence-electron chi connectivity index (χ0n) is 9.66. The summed E-state index contributed by atoms with van der Waals surface area (Å²) >= 11 is 5.80. The highest BCUT2D eigenvalue weighted by molar-refractivity contribution is 6.30. The normalized spacial score (nSPS) is 24.2. The number of ether oxygens (including phenoxy) is 1. The van der Waals surface area contributed by atoms with Crippen LogP contribution in [0.15, 0.2) is 24.3 Å². The maximum Gasteiger partial charge on any atom is 0.169 e. The number of hydrogen-bond acceptors (Lipinski definition) is 2. The van der Waals surface area contributed by atoms with Gasteiger partial charge in [0.05, 0.1) is 0 Å². The third-order valence-electron chi connectivity index (χ3n) is 2.69. The number of ketones is 1. The molecule has 2 rings (SSSR count). The summed E-state index contributed by atoms with van der Waals surface area (Å²) in [5.41, 5.74) is 0.679. The van der Waals surface area contributed by atoms with Crippen LogP contribution in [0.3, 0.4) is 0 Å². The molecule has 1 saturated heterocycles. The number of Topliss-reactive ketones (excluding diaryl/α,β-unsaturated/α-hetero) is 1. The Morgan fingerprint density at radius 1 is 1.25 bits per heavy atom. The van der Waals surface area contributed by atoms with Crippen molar-refractivity contribution in [1.29, 1.82) is 0 Å². The molecule has 1 aromatic carbocycles. The van der Waals surface area contributed by atoms with Crippen LogP contribution >= 0.6 is 11.6 Å². The lowest BCUT2D eigenvalue weighted by atomic mass is 9.87. The van der Waals surface area contributed by atoms with E-state index in [1.165, 1.54) is 0 Å². The van der Waals surface area contributed by atoms with E-state index in [1.807, 2.05) is 45.0 Å². The van der Waals surface area contributed by atoms with Crippen molar-refractivity contribution < 1.29 is 9.53 Å². The van der Waals surface area contributed by atoms with Crippen molar-refractivity contribution in [2.24, 2.45) is 5.41 Å². The Bertz CT molecular complexity index is 403. The molecule has 1 aromatic rings. The van der Waals surface area contributed by atoms with Crippen molar-refractivity contribution in [2.75, 3.05) is 0 Å². The first-order valence-corrected chi connectivity index (χ1v) is 5.72. The van der Waals surface area contributed by atoms with Crippen molar-refractivity contribution in [3.63, 3.8) is 0 Å². The minimum Gasteiger partial charge on any atom is -0.356 e. The van der Waals surface area contributed by atoms with Crippen LogP contribution in [0.2, 0.25) is 5.02 Å². The minimum absolute atomic E-state index is 0.0796. The summed E-state index contributed by atoms with van der Waals surface area (Å²) in [4.78, 5) is 11.9. The molecule has 0 aliphatic carbocycles. The van der Waals surface area contributed by atoms with Crippen molar-refractivity contribution in [3.8, 4) is 0 Å². The van der Waals surface area contributed by atoms with Crippen LogP contribution in [-0.2, 0) is 9.53 Å².